The van der Waals surface area contributed by atoms with Crippen molar-refractivity contribution in [3.63, 3.8) is 0 Å². The van der Waals surface area contributed by atoms with E-state index in [1.165, 1.54) is 0 Å². The van der Waals surface area contributed by atoms with E-state index in [4.69, 9.17) is 14.2 Å². The topological polar surface area (TPSA) is 73.4 Å². The third kappa shape index (κ3) is 7.34. The smallest absolute Gasteiger partial charge is 0.258 e. The fourth-order valence-electron chi connectivity index (χ4n) is 2.10. The van der Waals surface area contributed by atoms with Crippen LogP contribution in [0, 0.1) is 0 Å². The van der Waals surface area contributed by atoms with Crippen LogP contribution in [-0.2, 0) is 16.1 Å². The summed E-state index contributed by atoms with van der Waals surface area (Å²) < 4.78 is 16.1. The van der Waals surface area contributed by atoms with Crippen LogP contribution in [0.4, 0.5) is 0 Å². The van der Waals surface area contributed by atoms with E-state index < -0.39 is 0 Å². The monoisotopic (exact) mass is 325 g/mol. The number of ether oxygens (including phenoxy) is 3. The summed E-state index contributed by atoms with van der Waals surface area (Å²) in [5.41, 5.74) is 0.710. The summed E-state index contributed by atoms with van der Waals surface area (Å²) in [6.07, 6.45) is 0. The Morgan fingerprint density at radius 2 is 2.00 bits per heavy atom. The average Bonchev–Trinajstić information content (AvgIpc) is 2.48. The lowest BCUT2D eigenvalue weighted by atomic mass is 10.1. The molecule has 6 nitrogen and oxygen atoms in total. The van der Waals surface area contributed by atoms with Crippen molar-refractivity contribution >= 4 is 5.91 Å². The third-order valence-corrected chi connectivity index (χ3v) is 3.03. The van der Waals surface area contributed by atoms with Gasteiger partial charge in [-0.15, -0.1) is 0 Å². The van der Waals surface area contributed by atoms with Crippen molar-refractivity contribution in [1.82, 2.24) is 5.32 Å². The largest absolute Gasteiger partial charge is 0.493 e. The minimum absolute atomic E-state index is 0.0390. The number of carbonyl (C=O) groups excluding carboxylic acids is 1. The molecule has 0 unspecified atom stereocenters. The van der Waals surface area contributed by atoms with Gasteiger partial charge in [-0.1, -0.05) is 6.07 Å². The molecule has 6 heteroatoms. The second kappa shape index (κ2) is 9.37. The fraction of sp³-hybridized carbons (Fsp3) is 0.588. The summed E-state index contributed by atoms with van der Waals surface area (Å²) in [6, 6.07) is 5.72. The highest BCUT2D eigenvalue weighted by atomic mass is 16.5. The van der Waals surface area contributed by atoms with Crippen molar-refractivity contribution in [2.75, 3.05) is 34.0 Å². The maximum Gasteiger partial charge on any atom is 0.258 e. The van der Waals surface area contributed by atoms with Gasteiger partial charge in [-0.05, 0) is 32.9 Å². The number of hydrogen-bond acceptors (Lipinski definition) is 4. The van der Waals surface area contributed by atoms with Gasteiger partial charge in [0.05, 0.1) is 25.8 Å². The van der Waals surface area contributed by atoms with Crippen LogP contribution in [0.5, 0.6) is 11.5 Å². The Balaban J connectivity index is 2.72. The number of nitrogens with one attached hydrogen (secondary N) is 1. The van der Waals surface area contributed by atoms with Crippen LogP contribution in [0.3, 0.4) is 0 Å². The van der Waals surface area contributed by atoms with E-state index in [1.54, 1.807) is 14.2 Å². The lowest BCUT2D eigenvalue weighted by molar-refractivity contribution is -0.671. The van der Waals surface area contributed by atoms with E-state index in [0.29, 0.717) is 18.1 Å². The molecule has 1 aromatic carbocycles. The number of nitrogens with two attached hydrogens (primary N) is 1. The zero-order valence-corrected chi connectivity index (χ0v) is 14.8. The SMILES string of the molecule is COCC[NH2+]Cc1cccc(OC)c1OCC(=O)NC(C)(C)C. The summed E-state index contributed by atoms with van der Waals surface area (Å²) in [7, 11) is 3.28. The first-order valence-electron chi connectivity index (χ1n) is 7.77. The zero-order valence-electron chi connectivity index (χ0n) is 14.8. The van der Waals surface area contributed by atoms with Crippen LogP contribution in [0.15, 0.2) is 18.2 Å². The molecule has 1 aromatic rings. The van der Waals surface area contributed by atoms with Crippen LogP contribution in [0.25, 0.3) is 0 Å². The summed E-state index contributed by atoms with van der Waals surface area (Å²) in [5.74, 6) is 1.09. The number of carbonyl (C=O) groups is 1. The van der Waals surface area contributed by atoms with Gasteiger partial charge >= 0.3 is 0 Å². The van der Waals surface area contributed by atoms with E-state index >= 15 is 0 Å². The molecule has 1 rings (SSSR count). The van der Waals surface area contributed by atoms with Crippen LogP contribution in [0.1, 0.15) is 26.3 Å². The molecule has 1 amide bonds. The number of hydrogen-bond donors (Lipinski definition) is 2. The number of methoxy groups -OCH3 is 2. The summed E-state index contributed by atoms with van der Waals surface area (Å²) in [4.78, 5) is 11.9. The minimum atomic E-state index is -0.280. The highest BCUT2D eigenvalue weighted by Crippen LogP contribution is 2.30. The van der Waals surface area contributed by atoms with Crippen molar-refractivity contribution in [1.29, 1.82) is 0 Å². The third-order valence-electron chi connectivity index (χ3n) is 3.03. The molecule has 130 valence electrons. The average molecular weight is 325 g/mol. The quantitative estimate of drug-likeness (QED) is 0.656. The molecule has 0 spiro atoms. The van der Waals surface area contributed by atoms with E-state index in [2.05, 4.69) is 10.6 Å². The normalized spacial score (nSPS) is 11.2. The van der Waals surface area contributed by atoms with Crippen molar-refractivity contribution < 1.29 is 24.3 Å². The molecule has 0 aromatic heterocycles. The van der Waals surface area contributed by atoms with Gasteiger partial charge in [-0.2, -0.15) is 0 Å². The van der Waals surface area contributed by atoms with E-state index in [1.807, 2.05) is 39.0 Å². The van der Waals surface area contributed by atoms with Crippen molar-refractivity contribution in [2.24, 2.45) is 0 Å². The zero-order chi connectivity index (χ0) is 17.3. The number of para-hydroxylation sites is 1. The Hall–Kier alpha value is -1.79. The standard InChI is InChI=1S/C17H28N2O4/c1-17(2,3)19-15(20)12-23-16-13(11-18-9-10-21-4)7-6-8-14(16)22-5/h6-8,18H,9-12H2,1-5H3,(H,19,20)/p+1. The number of amides is 1. The van der Waals surface area contributed by atoms with Crippen LogP contribution >= 0.6 is 0 Å². The molecule has 0 fully saturated rings. The Morgan fingerprint density at radius 1 is 1.26 bits per heavy atom. The molecule has 23 heavy (non-hydrogen) atoms. The maximum atomic E-state index is 11.9. The molecule has 0 radical (unpaired) electrons. The van der Waals surface area contributed by atoms with E-state index in [9.17, 15) is 4.79 Å². The first-order chi connectivity index (χ1) is 10.9. The van der Waals surface area contributed by atoms with Gasteiger partial charge in [0.2, 0.25) is 0 Å². The maximum absolute atomic E-state index is 11.9. The molecular formula is C17H29N2O4+. The molecule has 0 saturated carbocycles. The fourth-order valence-corrected chi connectivity index (χ4v) is 2.10. The minimum Gasteiger partial charge on any atom is -0.493 e. The van der Waals surface area contributed by atoms with Crippen molar-refractivity contribution in [3.8, 4) is 11.5 Å². The lowest BCUT2D eigenvalue weighted by Gasteiger charge is -2.21. The Bertz CT molecular complexity index is 498. The molecule has 0 atom stereocenters. The summed E-state index contributed by atoms with van der Waals surface area (Å²) in [5, 5.41) is 5.00. The van der Waals surface area contributed by atoms with Gasteiger partial charge < -0.3 is 24.8 Å². The highest BCUT2D eigenvalue weighted by Gasteiger charge is 2.17. The number of benzene rings is 1. The van der Waals surface area contributed by atoms with E-state index in [0.717, 1.165) is 18.7 Å². The van der Waals surface area contributed by atoms with Gasteiger partial charge in [0.15, 0.2) is 18.1 Å². The predicted molar refractivity (Wildman–Crippen MR) is 88.8 cm³/mol. The van der Waals surface area contributed by atoms with Crippen molar-refractivity contribution in [3.05, 3.63) is 23.8 Å². The molecule has 0 heterocycles. The Morgan fingerprint density at radius 3 is 2.61 bits per heavy atom. The van der Waals surface area contributed by atoms with Gasteiger partial charge in [0.25, 0.3) is 5.91 Å². The predicted octanol–water partition coefficient (Wildman–Crippen LogP) is 0.699. The first kappa shape index (κ1) is 19.3. The second-order valence-corrected chi connectivity index (χ2v) is 6.31. The van der Waals surface area contributed by atoms with Gasteiger partial charge in [0, 0.05) is 12.6 Å². The van der Waals surface area contributed by atoms with Gasteiger partial charge in [0.1, 0.15) is 6.54 Å². The molecule has 0 aliphatic heterocycles. The van der Waals surface area contributed by atoms with Crippen molar-refractivity contribution in [2.45, 2.75) is 32.9 Å². The first-order valence-corrected chi connectivity index (χ1v) is 7.77. The molecule has 0 aliphatic rings. The van der Waals surface area contributed by atoms with Gasteiger partial charge in [-0.3, -0.25) is 4.79 Å². The van der Waals surface area contributed by atoms with E-state index in [-0.39, 0.29) is 18.1 Å². The lowest BCUT2D eigenvalue weighted by Crippen LogP contribution is -2.83. The highest BCUT2D eigenvalue weighted by molar-refractivity contribution is 5.78. The van der Waals surface area contributed by atoms with Crippen LogP contribution in [-0.4, -0.2) is 45.4 Å². The molecular weight excluding hydrogens is 296 g/mol. The summed E-state index contributed by atoms with van der Waals surface area (Å²) in [6.45, 7) is 8.05. The van der Waals surface area contributed by atoms with Crippen LogP contribution in [0.2, 0.25) is 0 Å². The van der Waals surface area contributed by atoms with Gasteiger partial charge in [-0.25, -0.2) is 0 Å². The van der Waals surface area contributed by atoms with Crippen LogP contribution < -0.4 is 20.1 Å². The Kier molecular flexibility index (Phi) is 7.85. The Labute approximate surface area is 138 Å². The second-order valence-electron chi connectivity index (χ2n) is 6.31. The number of quaternary nitrogens is 1. The molecule has 0 aliphatic carbocycles. The summed E-state index contributed by atoms with van der Waals surface area (Å²) >= 11 is 0. The molecule has 0 saturated heterocycles. The molecule has 3 N–H and O–H groups in total. The molecule has 0 bridgehead atoms. The number of rotatable bonds is 9.